The summed E-state index contributed by atoms with van der Waals surface area (Å²) in [5.74, 6) is 0.174. The Hall–Kier alpha value is -1.56. The number of hydrogen-bond acceptors (Lipinski definition) is 2. The van der Waals surface area contributed by atoms with Crippen LogP contribution in [-0.2, 0) is 4.79 Å². The zero-order valence-corrected chi connectivity index (χ0v) is 13.5. The minimum atomic E-state index is -0.179. The third kappa shape index (κ3) is 5.75. The van der Waals surface area contributed by atoms with Crippen molar-refractivity contribution in [2.45, 2.75) is 38.1 Å². The zero-order valence-electron chi connectivity index (χ0n) is 11.9. The molecule has 0 radical (unpaired) electrons. The van der Waals surface area contributed by atoms with E-state index >= 15 is 0 Å². The highest BCUT2D eigenvalue weighted by molar-refractivity contribution is 9.10. The Balaban J connectivity index is 1.77. The number of benzene rings is 1. The summed E-state index contributed by atoms with van der Waals surface area (Å²) < 4.78 is 0.919. The molecular formula is C15H21BrN4O. The predicted octanol–water partition coefficient (Wildman–Crippen LogP) is 2.62. The van der Waals surface area contributed by atoms with Crippen LogP contribution in [0.15, 0.2) is 33.7 Å². The van der Waals surface area contributed by atoms with Gasteiger partial charge in [-0.2, -0.15) is 0 Å². The first-order valence-corrected chi connectivity index (χ1v) is 8.04. The van der Waals surface area contributed by atoms with Gasteiger partial charge >= 0.3 is 0 Å². The van der Waals surface area contributed by atoms with Gasteiger partial charge in [0, 0.05) is 16.2 Å². The topological polar surface area (TPSA) is 79.5 Å². The molecule has 1 aromatic carbocycles. The number of carbonyl (C=O) groups excluding carboxylic acids is 1. The summed E-state index contributed by atoms with van der Waals surface area (Å²) in [7, 11) is 0. The fraction of sp³-hybridized carbons (Fsp3) is 0.467. The molecule has 0 heterocycles. The van der Waals surface area contributed by atoms with Crippen molar-refractivity contribution in [3.05, 3.63) is 28.7 Å². The summed E-state index contributed by atoms with van der Waals surface area (Å²) in [6.45, 7) is 0.0259. The van der Waals surface area contributed by atoms with Gasteiger partial charge in [-0.15, -0.1) is 0 Å². The quantitative estimate of drug-likeness (QED) is 0.575. The largest absolute Gasteiger partial charge is 0.370 e. The molecule has 0 aliphatic heterocycles. The van der Waals surface area contributed by atoms with Crippen LogP contribution in [-0.4, -0.2) is 24.5 Å². The third-order valence-corrected chi connectivity index (χ3v) is 3.95. The molecule has 114 valence electrons. The Kier molecular flexibility index (Phi) is 6.04. The molecule has 0 aromatic heterocycles. The van der Waals surface area contributed by atoms with Crippen LogP contribution in [0.25, 0.3) is 0 Å². The average Bonchev–Trinajstić information content (AvgIpc) is 2.46. The number of hydrogen-bond donors (Lipinski definition) is 3. The van der Waals surface area contributed by atoms with Crippen LogP contribution in [0, 0.1) is 0 Å². The van der Waals surface area contributed by atoms with Crippen molar-refractivity contribution in [3.63, 3.8) is 0 Å². The van der Waals surface area contributed by atoms with Gasteiger partial charge in [0.15, 0.2) is 5.96 Å². The number of guanidine groups is 1. The number of halogens is 1. The molecule has 1 aliphatic rings. The number of rotatable bonds is 4. The molecule has 1 amide bonds. The van der Waals surface area contributed by atoms with E-state index in [-0.39, 0.29) is 12.5 Å². The molecular weight excluding hydrogens is 332 g/mol. The highest BCUT2D eigenvalue weighted by Crippen LogP contribution is 2.17. The van der Waals surface area contributed by atoms with Crippen molar-refractivity contribution in [1.29, 1.82) is 0 Å². The lowest BCUT2D eigenvalue weighted by atomic mass is 9.96. The van der Waals surface area contributed by atoms with Gasteiger partial charge in [0.25, 0.3) is 0 Å². The van der Waals surface area contributed by atoms with Crippen molar-refractivity contribution in [2.24, 2.45) is 10.7 Å². The monoisotopic (exact) mass is 352 g/mol. The number of aliphatic imine (C=N–C) groups is 1. The summed E-state index contributed by atoms with van der Waals surface area (Å²) in [5.41, 5.74) is 6.56. The lowest BCUT2D eigenvalue weighted by molar-refractivity contribution is -0.114. The lowest BCUT2D eigenvalue weighted by Gasteiger charge is -2.23. The normalized spacial score (nSPS) is 16.5. The van der Waals surface area contributed by atoms with Gasteiger partial charge in [0.1, 0.15) is 6.54 Å². The summed E-state index contributed by atoms with van der Waals surface area (Å²) >= 11 is 3.36. The molecule has 0 atom stereocenters. The van der Waals surface area contributed by atoms with Gasteiger partial charge in [-0.05, 0) is 31.0 Å². The number of anilines is 1. The van der Waals surface area contributed by atoms with Crippen LogP contribution in [0.3, 0.4) is 0 Å². The molecule has 1 fully saturated rings. The van der Waals surface area contributed by atoms with E-state index in [0.29, 0.717) is 12.0 Å². The second kappa shape index (κ2) is 8.02. The molecule has 0 unspecified atom stereocenters. The summed E-state index contributed by atoms with van der Waals surface area (Å²) in [5, 5.41) is 5.97. The van der Waals surface area contributed by atoms with Gasteiger partial charge in [-0.25, -0.2) is 4.99 Å². The minimum Gasteiger partial charge on any atom is -0.370 e. The zero-order chi connectivity index (χ0) is 15.1. The molecule has 1 saturated carbocycles. The highest BCUT2D eigenvalue weighted by Gasteiger charge is 2.13. The molecule has 0 spiro atoms. The smallest absolute Gasteiger partial charge is 0.246 e. The molecule has 21 heavy (non-hydrogen) atoms. The van der Waals surface area contributed by atoms with Crippen LogP contribution >= 0.6 is 15.9 Å². The average molecular weight is 353 g/mol. The maximum absolute atomic E-state index is 11.8. The molecule has 4 N–H and O–H groups in total. The fourth-order valence-corrected chi connectivity index (χ4v) is 2.82. The van der Waals surface area contributed by atoms with Gasteiger partial charge in [0.2, 0.25) is 5.91 Å². The van der Waals surface area contributed by atoms with Crippen molar-refractivity contribution in [3.8, 4) is 0 Å². The minimum absolute atomic E-state index is 0.0259. The number of carbonyl (C=O) groups is 1. The van der Waals surface area contributed by atoms with Gasteiger partial charge in [0.05, 0.1) is 0 Å². The molecule has 1 aromatic rings. The first-order chi connectivity index (χ1) is 10.1. The molecule has 6 heteroatoms. The maximum atomic E-state index is 11.8. The number of nitrogens with one attached hydrogen (secondary N) is 2. The van der Waals surface area contributed by atoms with Gasteiger partial charge in [-0.3, -0.25) is 4.79 Å². The predicted molar refractivity (Wildman–Crippen MR) is 89.3 cm³/mol. The van der Waals surface area contributed by atoms with Crippen LogP contribution in [0.4, 0.5) is 5.69 Å². The van der Waals surface area contributed by atoms with Crippen molar-refractivity contribution in [1.82, 2.24) is 5.32 Å². The van der Waals surface area contributed by atoms with E-state index in [1.165, 1.54) is 19.3 Å². The number of amides is 1. The van der Waals surface area contributed by atoms with Crippen molar-refractivity contribution < 1.29 is 4.79 Å². The Labute approximate surface area is 133 Å². The number of nitrogens with zero attached hydrogens (tertiary/aromatic N) is 1. The van der Waals surface area contributed by atoms with Gasteiger partial charge in [-0.1, -0.05) is 41.3 Å². The highest BCUT2D eigenvalue weighted by atomic mass is 79.9. The number of nitrogens with two attached hydrogens (primary N) is 1. The second-order valence-electron chi connectivity index (χ2n) is 5.24. The molecule has 2 rings (SSSR count). The molecule has 0 saturated heterocycles. The summed E-state index contributed by atoms with van der Waals surface area (Å²) in [6.07, 6.45) is 6.01. The van der Waals surface area contributed by atoms with Crippen molar-refractivity contribution in [2.75, 3.05) is 11.9 Å². The third-order valence-electron chi connectivity index (χ3n) is 3.46. The Bertz CT molecular complexity index is 512. The molecule has 1 aliphatic carbocycles. The Morgan fingerprint density at radius 2 is 2.10 bits per heavy atom. The standard InChI is InChI=1S/C15H21BrN4O/c16-11-5-4-8-13(9-11)19-14(21)10-18-15(17)20-12-6-2-1-3-7-12/h4-5,8-9,12H,1-3,6-7,10H2,(H,19,21)(H3,17,18,20). The Morgan fingerprint density at radius 3 is 2.81 bits per heavy atom. The van der Waals surface area contributed by atoms with Crippen LogP contribution in [0.2, 0.25) is 0 Å². The van der Waals surface area contributed by atoms with E-state index in [9.17, 15) is 4.79 Å². The van der Waals surface area contributed by atoms with Crippen LogP contribution in [0.1, 0.15) is 32.1 Å². The second-order valence-corrected chi connectivity index (χ2v) is 6.15. The summed E-state index contributed by atoms with van der Waals surface area (Å²) in [6, 6.07) is 7.83. The maximum Gasteiger partial charge on any atom is 0.246 e. The van der Waals surface area contributed by atoms with Crippen molar-refractivity contribution >= 4 is 33.5 Å². The van der Waals surface area contributed by atoms with E-state index in [4.69, 9.17) is 5.73 Å². The lowest BCUT2D eigenvalue weighted by Crippen LogP contribution is -2.41. The van der Waals surface area contributed by atoms with Gasteiger partial charge < -0.3 is 16.4 Å². The SMILES string of the molecule is NC(=NCC(=O)Nc1cccc(Br)c1)NC1CCCCC1. The Morgan fingerprint density at radius 1 is 1.33 bits per heavy atom. The van der Waals surface area contributed by atoms with E-state index in [1.807, 2.05) is 24.3 Å². The van der Waals surface area contributed by atoms with Crippen LogP contribution < -0.4 is 16.4 Å². The summed E-state index contributed by atoms with van der Waals surface area (Å²) in [4.78, 5) is 15.9. The molecule has 0 bridgehead atoms. The van der Waals surface area contributed by atoms with E-state index in [0.717, 1.165) is 23.0 Å². The first-order valence-electron chi connectivity index (χ1n) is 7.25. The van der Waals surface area contributed by atoms with E-state index < -0.39 is 0 Å². The fourth-order valence-electron chi connectivity index (χ4n) is 2.43. The van der Waals surface area contributed by atoms with E-state index in [1.54, 1.807) is 0 Å². The van der Waals surface area contributed by atoms with Crippen LogP contribution in [0.5, 0.6) is 0 Å². The molecule has 5 nitrogen and oxygen atoms in total. The van der Waals surface area contributed by atoms with E-state index in [2.05, 4.69) is 31.6 Å². The first kappa shape index (κ1) is 15.8.